The molecule has 0 heterocycles. The maximum Gasteiger partial charge on any atom is 0.320 e. The second kappa shape index (κ2) is 8.72. The highest BCUT2D eigenvalue weighted by atomic mass is 28.3. The Morgan fingerprint density at radius 2 is 1.77 bits per heavy atom. The lowest BCUT2D eigenvalue weighted by Gasteiger charge is -2.11. The highest BCUT2D eigenvalue weighted by Crippen LogP contribution is 2.13. The number of hydrogen-bond donors (Lipinski definition) is 0. The molecule has 2 nitrogen and oxygen atoms in total. The van der Waals surface area contributed by atoms with Gasteiger partial charge in [0.15, 0.2) is 0 Å². The molecule has 0 amide bonds. The second-order valence-electron chi connectivity index (χ2n) is 3.70. The van der Waals surface area contributed by atoms with Gasteiger partial charge in [-0.1, -0.05) is 39.5 Å². The van der Waals surface area contributed by atoms with Crippen LogP contribution in [0.3, 0.4) is 0 Å². The monoisotopic (exact) mass is 204 g/mol. The van der Waals surface area contributed by atoms with E-state index in [1.165, 1.54) is 25.7 Å². The summed E-state index contributed by atoms with van der Waals surface area (Å²) in [7, 11) is 2.25. The van der Waals surface area contributed by atoms with Gasteiger partial charge in [0, 0.05) is 14.2 Å². The van der Waals surface area contributed by atoms with Gasteiger partial charge in [0.05, 0.1) is 0 Å². The van der Waals surface area contributed by atoms with E-state index in [1.54, 1.807) is 14.2 Å². The van der Waals surface area contributed by atoms with Gasteiger partial charge in [0.1, 0.15) is 0 Å². The van der Waals surface area contributed by atoms with Crippen molar-refractivity contribution in [2.24, 2.45) is 5.92 Å². The molecule has 13 heavy (non-hydrogen) atoms. The summed E-state index contributed by atoms with van der Waals surface area (Å²) in [5, 5.41) is 0. The van der Waals surface area contributed by atoms with E-state index in [4.69, 9.17) is 8.85 Å². The molecule has 0 radical (unpaired) electrons. The molecule has 0 saturated carbocycles. The third-order valence-electron chi connectivity index (χ3n) is 2.61. The normalized spacial score (nSPS) is 13.6. The zero-order chi connectivity index (χ0) is 10.1. The zero-order valence-electron chi connectivity index (χ0n) is 9.51. The SMILES string of the molecule is CCC(C)CCCC[SiH](OC)OC. The van der Waals surface area contributed by atoms with E-state index >= 15 is 0 Å². The molecule has 3 heteroatoms. The van der Waals surface area contributed by atoms with Crippen molar-refractivity contribution in [3.8, 4) is 0 Å². The van der Waals surface area contributed by atoms with Crippen LogP contribution in [-0.2, 0) is 8.85 Å². The van der Waals surface area contributed by atoms with E-state index in [9.17, 15) is 0 Å². The van der Waals surface area contributed by atoms with Crippen molar-refractivity contribution in [2.45, 2.75) is 45.6 Å². The Bertz CT molecular complexity index is 105. The summed E-state index contributed by atoms with van der Waals surface area (Å²) in [5.41, 5.74) is 0. The Morgan fingerprint density at radius 3 is 2.23 bits per heavy atom. The Morgan fingerprint density at radius 1 is 1.15 bits per heavy atom. The summed E-state index contributed by atoms with van der Waals surface area (Å²) in [5.74, 6) is 0.880. The predicted octanol–water partition coefficient (Wildman–Crippen LogP) is 2.72. The van der Waals surface area contributed by atoms with Crippen LogP contribution >= 0.6 is 0 Å². The molecule has 1 unspecified atom stereocenters. The van der Waals surface area contributed by atoms with Crippen molar-refractivity contribution in [1.29, 1.82) is 0 Å². The van der Waals surface area contributed by atoms with Crippen LogP contribution in [0.25, 0.3) is 0 Å². The molecule has 0 aliphatic rings. The standard InChI is InChI=1S/C10H24O2Si/c1-5-10(2)8-6-7-9-13(11-3)12-4/h10,13H,5-9H2,1-4H3. The second-order valence-corrected chi connectivity index (χ2v) is 6.08. The largest absolute Gasteiger partial charge is 0.400 e. The summed E-state index contributed by atoms with van der Waals surface area (Å²) >= 11 is 0. The van der Waals surface area contributed by atoms with Gasteiger partial charge in [0.2, 0.25) is 0 Å². The van der Waals surface area contributed by atoms with E-state index in [0.717, 1.165) is 12.0 Å². The molecule has 0 aromatic rings. The van der Waals surface area contributed by atoms with Gasteiger partial charge in [-0.2, -0.15) is 0 Å². The van der Waals surface area contributed by atoms with Crippen LogP contribution in [0.2, 0.25) is 6.04 Å². The Hall–Kier alpha value is 0.137. The van der Waals surface area contributed by atoms with Crippen LogP contribution in [0.1, 0.15) is 39.5 Å². The molecule has 80 valence electrons. The first kappa shape index (κ1) is 13.1. The van der Waals surface area contributed by atoms with Gasteiger partial charge in [-0.05, 0) is 12.0 Å². The number of rotatable bonds is 8. The first-order valence-corrected chi connectivity index (χ1v) is 7.06. The van der Waals surface area contributed by atoms with E-state index in [0.29, 0.717) is 0 Å². The van der Waals surface area contributed by atoms with Gasteiger partial charge >= 0.3 is 9.28 Å². The van der Waals surface area contributed by atoms with Crippen LogP contribution < -0.4 is 0 Å². The van der Waals surface area contributed by atoms with Crippen molar-refractivity contribution < 1.29 is 8.85 Å². The molecule has 0 aromatic carbocycles. The summed E-state index contributed by atoms with van der Waals surface area (Å²) in [4.78, 5) is 0. The quantitative estimate of drug-likeness (QED) is 0.447. The van der Waals surface area contributed by atoms with Gasteiger partial charge in [-0.15, -0.1) is 0 Å². The maximum absolute atomic E-state index is 5.25. The van der Waals surface area contributed by atoms with Gasteiger partial charge in [0.25, 0.3) is 0 Å². The maximum atomic E-state index is 5.25. The molecule has 0 spiro atoms. The van der Waals surface area contributed by atoms with Gasteiger partial charge in [-0.3, -0.25) is 0 Å². The minimum atomic E-state index is -1.26. The lowest BCUT2D eigenvalue weighted by Crippen LogP contribution is -2.18. The fourth-order valence-electron chi connectivity index (χ4n) is 1.34. The van der Waals surface area contributed by atoms with Crippen molar-refractivity contribution in [3.05, 3.63) is 0 Å². The van der Waals surface area contributed by atoms with Crippen molar-refractivity contribution in [1.82, 2.24) is 0 Å². The third kappa shape index (κ3) is 7.23. The van der Waals surface area contributed by atoms with E-state index < -0.39 is 9.28 Å². The third-order valence-corrected chi connectivity index (χ3v) is 4.54. The van der Waals surface area contributed by atoms with E-state index in [-0.39, 0.29) is 0 Å². The molecule has 0 fully saturated rings. The minimum Gasteiger partial charge on any atom is -0.400 e. The summed E-state index contributed by atoms with van der Waals surface area (Å²) in [6.45, 7) is 4.58. The van der Waals surface area contributed by atoms with E-state index in [1.807, 2.05) is 0 Å². The molecule has 0 aliphatic heterocycles. The Labute approximate surface area is 84.5 Å². The smallest absolute Gasteiger partial charge is 0.320 e. The van der Waals surface area contributed by atoms with Crippen LogP contribution in [0.5, 0.6) is 0 Å². The topological polar surface area (TPSA) is 18.5 Å². The molecule has 0 rings (SSSR count). The highest BCUT2D eigenvalue weighted by molar-refractivity contribution is 6.44. The number of hydrogen-bond acceptors (Lipinski definition) is 2. The lowest BCUT2D eigenvalue weighted by molar-refractivity contribution is 0.275. The molecular formula is C10H24O2Si. The zero-order valence-corrected chi connectivity index (χ0v) is 10.7. The fraction of sp³-hybridized carbons (Fsp3) is 1.00. The molecule has 0 bridgehead atoms. The number of unbranched alkanes of at least 4 members (excludes halogenated alkanes) is 1. The average Bonchev–Trinajstić information content (AvgIpc) is 2.18. The van der Waals surface area contributed by atoms with Crippen molar-refractivity contribution in [2.75, 3.05) is 14.2 Å². The summed E-state index contributed by atoms with van der Waals surface area (Å²) in [6.07, 6.45) is 5.24. The van der Waals surface area contributed by atoms with E-state index in [2.05, 4.69) is 13.8 Å². The van der Waals surface area contributed by atoms with Crippen LogP contribution in [0, 0.1) is 5.92 Å². The predicted molar refractivity (Wildman–Crippen MR) is 59.3 cm³/mol. The van der Waals surface area contributed by atoms with Crippen LogP contribution in [-0.4, -0.2) is 23.5 Å². The lowest BCUT2D eigenvalue weighted by atomic mass is 10.0. The van der Waals surface area contributed by atoms with Crippen molar-refractivity contribution in [3.63, 3.8) is 0 Å². The molecule has 0 saturated heterocycles. The molecule has 0 N–H and O–H groups in total. The van der Waals surface area contributed by atoms with Crippen molar-refractivity contribution >= 4 is 9.28 Å². The average molecular weight is 204 g/mol. The minimum absolute atomic E-state index is 0.880. The summed E-state index contributed by atoms with van der Waals surface area (Å²) in [6, 6.07) is 1.16. The highest BCUT2D eigenvalue weighted by Gasteiger charge is 2.08. The van der Waals surface area contributed by atoms with Crippen LogP contribution in [0.4, 0.5) is 0 Å². The van der Waals surface area contributed by atoms with Crippen LogP contribution in [0.15, 0.2) is 0 Å². The molecule has 1 atom stereocenters. The fourth-order valence-corrected chi connectivity index (χ4v) is 2.63. The molecule has 0 aliphatic carbocycles. The first-order chi connectivity index (χ1) is 6.24. The first-order valence-electron chi connectivity index (χ1n) is 5.30. The summed E-state index contributed by atoms with van der Waals surface area (Å²) < 4.78 is 10.5. The van der Waals surface area contributed by atoms with Gasteiger partial charge in [-0.25, -0.2) is 0 Å². The van der Waals surface area contributed by atoms with Gasteiger partial charge < -0.3 is 8.85 Å². The molecular weight excluding hydrogens is 180 g/mol. The Balaban J connectivity index is 3.23. The Kier molecular flexibility index (Phi) is 8.81. The molecule has 0 aromatic heterocycles.